The number of aliphatic hydroxyl groups is 1. The Bertz CT molecular complexity index is 845. The van der Waals surface area contributed by atoms with Gasteiger partial charge in [-0.05, 0) is 67.0 Å². The first-order chi connectivity index (χ1) is 11.7. The Kier molecular flexibility index (Phi) is 4.74. The number of hydrogen-bond acceptors (Lipinski definition) is 5. The van der Waals surface area contributed by atoms with Gasteiger partial charge in [-0.1, -0.05) is 0 Å². The summed E-state index contributed by atoms with van der Waals surface area (Å²) >= 11 is 4.65. The van der Waals surface area contributed by atoms with E-state index in [4.69, 9.17) is 4.74 Å². The summed E-state index contributed by atoms with van der Waals surface area (Å²) in [5.74, 6) is 0.184. The number of amides is 1. The Morgan fingerprint density at radius 1 is 1.28 bits per heavy atom. The molecule has 3 rings (SSSR count). The molecule has 0 fully saturated rings. The van der Waals surface area contributed by atoms with Crippen molar-refractivity contribution in [1.82, 2.24) is 5.32 Å². The molecule has 0 spiro atoms. The van der Waals surface area contributed by atoms with E-state index < -0.39 is 17.7 Å². The molecule has 5 nitrogen and oxygen atoms in total. The van der Waals surface area contributed by atoms with Crippen LogP contribution in [0.5, 0.6) is 5.75 Å². The maximum atomic E-state index is 12.6. The summed E-state index contributed by atoms with van der Waals surface area (Å²) in [7, 11) is 0. The van der Waals surface area contributed by atoms with Gasteiger partial charge in [0.05, 0.1) is 14.7 Å². The van der Waals surface area contributed by atoms with E-state index in [2.05, 4.69) is 21.2 Å². The topological polar surface area (TPSA) is 75.6 Å². The fourth-order valence-corrected chi connectivity index (χ4v) is 4.11. The number of hydrogen-bond donors (Lipinski definition) is 2. The van der Waals surface area contributed by atoms with Gasteiger partial charge in [-0.2, -0.15) is 0 Å². The van der Waals surface area contributed by atoms with Gasteiger partial charge < -0.3 is 15.2 Å². The molecule has 0 radical (unpaired) electrons. The Hall–Kier alpha value is -1.70. The number of ether oxygens (including phenoxy) is 1. The van der Waals surface area contributed by atoms with Crippen LogP contribution < -0.4 is 10.1 Å². The number of ketones is 1. The van der Waals surface area contributed by atoms with Crippen molar-refractivity contribution in [2.75, 3.05) is 0 Å². The van der Waals surface area contributed by atoms with E-state index in [-0.39, 0.29) is 11.7 Å². The lowest BCUT2D eigenvalue weighted by atomic mass is 9.85. The van der Waals surface area contributed by atoms with Crippen LogP contribution in [0, 0.1) is 0 Å². The molecule has 0 bridgehead atoms. The fourth-order valence-electron chi connectivity index (χ4n) is 2.82. The highest BCUT2D eigenvalue weighted by molar-refractivity contribution is 9.11. The number of nitrogens with one attached hydrogen (secondary N) is 1. The highest BCUT2D eigenvalue weighted by Crippen LogP contribution is 2.40. The largest absolute Gasteiger partial charge is 0.485 e. The normalized spacial score (nSPS) is 21.2. The van der Waals surface area contributed by atoms with Crippen molar-refractivity contribution in [3.05, 3.63) is 50.1 Å². The molecular weight excluding hydrogens is 406 g/mol. The predicted molar refractivity (Wildman–Crippen MR) is 99.4 cm³/mol. The maximum Gasteiger partial charge on any atom is 0.261 e. The molecular formula is C18H18BrNO4S. The van der Waals surface area contributed by atoms with E-state index in [0.717, 1.165) is 3.79 Å². The second-order valence-corrected chi connectivity index (χ2v) is 8.98. The molecule has 1 aromatic heterocycles. The molecule has 2 N–H and O–H groups in total. The Morgan fingerprint density at radius 2 is 2.00 bits per heavy atom. The van der Waals surface area contributed by atoms with Gasteiger partial charge in [-0.15, -0.1) is 11.3 Å². The number of carbonyl (C=O) groups excluding carboxylic acids is 2. The van der Waals surface area contributed by atoms with Crippen LogP contribution in [0.2, 0.25) is 0 Å². The summed E-state index contributed by atoms with van der Waals surface area (Å²) in [5, 5.41) is 13.6. The summed E-state index contributed by atoms with van der Waals surface area (Å²) in [6.07, 6.45) is -0.963. The molecule has 7 heteroatoms. The number of aliphatic hydroxyl groups excluding tert-OH is 1. The number of halogens is 1. The fraction of sp³-hybridized carbons (Fsp3) is 0.333. The maximum absolute atomic E-state index is 12.6. The van der Waals surface area contributed by atoms with Gasteiger partial charge in [-0.3, -0.25) is 9.59 Å². The second-order valence-electron chi connectivity index (χ2n) is 6.51. The molecule has 1 amide bonds. The van der Waals surface area contributed by atoms with Crippen molar-refractivity contribution in [2.24, 2.45) is 0 Å². The first-order valence-corrected chi connectivity index (χ1v) is 9.38. The summed E-state index contributed by atoms with van der Waals surface area (Å²) in [6.45, 7) is 5.00. The summed E-state index contributed by atoms with van der Waals surface area (Å²) in [6, 6.07) is 7.90. The van der Waals surface area contributed by atoms with Crippen molar-refractivity contribution < 1.29 is 19.4 Å². The quantitative estimate of drug-likeness (QED) is 0.737. The lowest BCUT2D eigenvalue weighted by molar-refractivity contribution is -0.0627. The Balaban J connectivity index is 2.00. The van der Waals surface area contributed by atoms with E-state index in [1.54, 1.807) is 44.2 Å². The minimum Gasteiger partial charge on any atom is -0.485 e. The molecule has 0 aliphatic carbocycles. The van der Waals surface area contributed by atoms with E-state index >= 15 is 0 Å². The molecule has 25 heavy (non-hydrogen) atoms. The van der Waals surface area contributed by atoms with Crippen molar-refractivity contribution >= 4 is 39.0 Å². The van der Waals surface area contributed by atoms with E-state index in [1.807, 2.05) is 0 Å². The van der Waals surface area contributed by atoms with E-state index in [1.165, 1.54) is 18.3 Å². The number of Topliss-reactive ketones (excluding diaryl/α,β-unsaturated/α-hetero) is 1. The zero-order chi connectivity index (χ0) is 18.4. The highest BCUT2D eigenvalue weighted by Gasteiger charge is 2.43. The van der Waals surface area contributed by atoms with Gasteiger partial charge in [0, 0.05) is 11.1 Å². The summed E-state index contributed by atoms with van der Waals surface area (Å²) < 4.78 is 6.72. The van der Waals surface area contributed by atoms with Gasteiger partial charge in [0.15, 0.2) is 5.78 Å². The van der Waals surface area contributed by atoms with Crippen LogP contribution in [-0.2, 0) is 0 Å². The van der Waals surface area contributed by atoms with Crippen LogP contribution in [-0.4, -0.2) is 28.5 Å². The van der Waals surface area contributed by atoms with Crippen molar-refractivity contribution in [3.8, 4) is 5.75 Å². The first-order valence-electron chi connectivity index (χ1n) is 7.77. The molecule has 1 aromatic carbocycles. The summed E-state index contributed by atoms with van der Waals surface area (Å²) in [5.41, 5.74) is 0.231. The second kappa shape index (κ2) is 6.55. The minimum atomic E-state index is -0.963. The molecule has 2 heterocycles. The zero-order valence-electron chi connectivity index (χ0n) is 14.0. The average molecular weight is 424 g/mol. The van der Waals surface area contributed by atoms with Gasteiger partial charge in [-0.25, -0.2) is 0 Å². The van der Waals surface area contributed by atoms with Gasteiger partial charge >= 0.3 is 0 Å². The van der Waals surface area contributed by atoms with Gasteiger partial charge in [0.1, 0.15) is 17.5 Å². The third-order valence-electron chi connectivity index (χ3n) is 4.24. The lowest BCUT2D eigenvalue weighted by Gasteiger charge is -2.42. The molecule has 2 unspecified atom stereocenters. The number of carbonyl (C=O) groups is 2. The van der Waals surface area contributed by atoms with Crippen LogP contribution in [0.25, 0.3) is 0 Å². The predicted octanol–water partition coefficient (Wildman–Crippen LogP) is 3.72. The number of fused-ring (bicyclic) bond motifs is 1. The Labute approximate surface area is 158 Å². The monoisotopic (exact) mass is 423 g/mol. The van der Waals surface area contributed by atoms with Crippen LogP contribution in [0.3, 0.4) is 0 Å². The van der Waals surface area contributed by atoms with E-state index in [0.29, 0.717) is 21.8 Å². The molecule has 1 aliphatic heterocycles. The third kappa shape index (κ3) is 3.49. The zero-order valence-corrected chi connectivity index (χ0v) is 16.4. The molecule has 0 saturated carbocycles. The number of benzene rings is 1. The highest BCUT2D eigenvalue weighted by atomic mass is 79.9. The average Bonchev–Trinajstić information content (AvgIpc) is 2.97. The first kappa shape index (κ1) is 18.1. The molecule has 132 valence electrons. The molecule has 1 aliphatic rings. The molecule has 0 saturated heterocycles. The van der Waals surface area contributed by atoms with Crippen molar-refractivity contribution in [2.45, 2.75) is 38.5 Å². The lowest BCUT2D eigenvalue weighted by Crippen LogP contribution is -2.53. The number of rotatable bonds is 3. The van der Waals surface area contributed by atoms with Gasteiger partial charge in [0.2, 0.25) is 0 Å². The van der Waals surface area contributed by atoms with Crippen LogP contribution >= 0.6 is 27.3 Å². The SMILES string of the molecule is CC(=O)c1ccc2c(c1)C(NC(=O)c1ccc(Br)s1)C(O)C(C)(C)O2. The molecule has 2 aromatic rings. The summed E-state index contributed by atoms with van der Waals surface area (Å²) in [4.78, 5) is 24.8. The standard InChI is InChI=1S/C18H18BrNO4S/c1-9(21)10-4-5-12-11(8-10)15(16(22)18(2,3)24-12)20-17(23)13-6-7-14(19)25-13/h4-8,15-16,22H,1-3H3,(H,20,23). The van der Waals surface area contributed by atoms with Crippen LogP contribution in [0.15, 0.2) is 34.1 Å². The van der Waals surface area contributed by atoms with Crippen LogP contribution in [0.1, 0.15) is 52.4 Å². The third-order valence-corrected chi connectivity index (χ3v) is 5.86. The Morgan fingerprint density at radius 3 is 2.60 bits per heavy atom. The number of thiophene rings is 1. The van der Waals surface area contributed by atoms with Crippen molar-refractivity contribution in [3.63, 3.8) is 0 Å². The minimum absolute atomic E-state index is 0.0885. The van der Waals surface area contributed by atoms with Gasteiger partial charge in [0.25, 0.3) is 5.91 Å². The van der Waals surface area contributed by atoms with Crippen LogP contribution in [0.4, 0.5) is 0 Å². The van der Waals surface area contributed by atoms with Crippen molar-refractivity contribution in [1.29, 1.82) is 0 Å². The van der Waals surface area contributed by atoms with E-state index in [9.17, 15) is 14.7 Å². The smallest absolute Gasteiger partial charge is 0.261 e. The molecule has 2 atom stereocenters.